The lowest BCUT2D eigenvalue weighted by atomic mass is 9.81. The van der Waals surface area contributed by atoms with Crippen LogP contribution in [0.1, 0.15) is 31.0 Å². The number of rotatable bonds is 2. The number of benzene rings is 2. The highest BCUT2D eigenvalue weighted by atomic mass is 19.1. The molecule has 1 aliphatic rings. The van der Waals surface area contributed by atoms with Gasteiger partial charge in [-0.25, -0.2) is 13.6 Å². The standard InChI is InChI=1S/C22H23F2N3O3/c1-10-9-25-18-11(10)6-5-7-12(18)15-13(23)8-14-16(17(15)24)19(26-21(29)30-4)20(28)22(2,3)27-14/h5-9,19-20,25,27-28H,1-4H3,(H,26,29)/t19-,20+/m0/s1. The fourth-order valence-electron chi connectivity index (χ4n) is 4.12. The maximum absolute atomic E-state index is 15.9. The summed E-state index contributed by atoms with van der Waals surface area (Å²) in [6.07, 6.45) is -0.242. The van der Waals surface area contributed by atoms with Crippen molar-refractivity contribution in [2.24, 2.45) is 0 Å². The molecule has 2 aromatic carbocycles. The van der Waals surface area contributed by atoms with Crippen LogP contribution < -0.4 is 10.6 Å². The van der Waals surface area contributed by atoms with Crippen LogP contribution in [0, 0.1) is 18.6 Å². The number of hydrogen-bond donors (Lipinski definition) is 4. The highest BCUT2D eigenvalue weighted by Gasteiger charge is 2.44. The number of fused-ring (bicyclic) bond motifs is 2. The maximum Gasteiger partial charge on any atom is 0.407 e. The monoisotopic (exact) mass is 415 g/mol. The number of halogens is 2. The quantitative estimate of drug-likeness (QED) is 0.500. The minimum atomic E-state index is -1.19. The summed E-state index contributed by atoms with van der Waals surface area (Å²) in [6, 6.07) is 5.30. The number of hydrogen-bond acceptors (Lipinski definition) is 4. The predicted molar refractivity (Wildman–Crippen MR) is 110 cm³/mol. The molecule has 0 saturated carbocycles. The average Bonchev–Trinajstić information content (AvgIpc) is 3.06. The largest absolute Gasteiger partial charge is 0.453 e. The number of alkyl carbamates (subject to hydrolysis) is 1. The summed E-state index contributed by atoms with van der Waals surface area (Å²) < 4.78 is 35.7. The zero-order chi connectivity index (χ0) is 21.8. The smallest absolute Gasteiger partial charge is 0.407 e. The van der Waals surface area contributed by atoms with Gasteiger partial charge in [0.25, 0.3) is 0 Å². The number of aryl methyl sites for hydroxylation is 1. The summed E-state index contributed by atoms with van der Waals surface area (Å²) in [5.74, 6) is -1.60. The predicted octanol–water partition coefficient (Wildman–Crippen LogP) is 4.38. The van der Waals surface area contributed by atoms with Crippen molar-refractivity contribution >= 4 is 22.7 Å². The Morgan fingerprint density at radius 1 is 1.30 bits per heavy atom. The number of carbonyl (C=O) groups is 1. The van der Waals surface area contributed by atoms with Gasteiger partial charge in [-0.1, -0.05) is 18.2 Å². The molecule has 6 nitrogen and oxygen atoms in total. The number of nitrogens with one attached hydrogen (secondary N) is 3. The van der Waals surface area contributed by atoms with Crippen molar-refractivity contribution < 1.29 is 23.4 Å². The molecule has 0 spiro atoms. The van der Waals surface area contributed by atoms with E-state index in [4.69, 9.17) is 0 Å². The van der Waals surface area contributed by atoms with Gasteiger partial charge in [0, 0.05) is 28.4 Å². The number of methoxy groups -OCH3 is 1. The van der Waals surface area contributed by atoms with Crippen LogP contribution in [-0.4, -0.2) is 34.9 Å². The Morgan fingerprint density at radius 3 is 2.73 bits per heavy atom. The number of aromatic nitrogens is 1. The summed E-state index contributed by atoms with van der Waals surface area (Å²) in [5.41, 5.74) is 0.880. The molecule has 158 valence electrons. The number of anilines is 1. The number of ether oxygens (including phenoxy) is 1. The highest BCUT2D eigenvalue weighted by Crippen LogP contribution is 2.44. The van der Waals surface area contributed by atoms with Crippen molar-refractivity contribution in [3.8, 4) is 11.1 Å². The van der Waals surface area contributed by atoms with E-state index in [0.717, 1.165) is 10.9 Å². The lowest BCUT2D eigenvalue weighted by Crippen LogP contribution is -2.55. The second-order valence-electron chi connectivity index (χ2n) is 8.11. The van der Waals surface area contributed by atoms with E-state index in [1.807, 2.05) is 13.0 Å². The SMILES string of the molecule is COC(=O)N[C@H]1c2c(cc(F)c(-c3cccc4c(C)c[nH]c34)c2F)NC(C)(C)[C@@H]1O. The summed E-state index contributed by atoms with van der Waals surface area (Å²) in [5, 5.41) is 17.1. The maximum atomic E-state index is 15.9. The Hall–Kier alpha value is -3.13. The Balaban J connectivity index is 1.97. The van der Waals surface area contributed by atoms with Gasteiger partial charge in [0.15, 0.2) is 0 Å². The molecule has 1 aromatic heterocycles. The molecule has 3 aromatic rings. The third kappa shape index (κ3) is 2.99. The third-order valence-corrected chi connectivity index (χ3v) is 5.73. The zero-order valence-electron chi connectivity index (χ0n) is 17.1. The number of aliphatic hydroxyl groups excluding tert-OH is 1. The summed E-state index contributed by atoms with van der Waals surface area (Å²) in [7, 11) is 1.18. The Morgan fingerprint density at radius 2 is 2.03 bits per heavy atom. The molecular weight excluding hydrogens is 392 g/mol. The first-order valence-corrected chi connectivity index (χ1v) is 9.55. The Bertz CT molecular complexity index is 1160. The van der Waals surface area contributed by atoms with Crippen LogP contribution in [0.3, 0.4) is 0 Å². The molecule has 1 aliphatic heterocycles. The molecule has 0 bridgehead atoms. The van der Waals surface area contributed by atoms with E-state index in [9.17, 15) is 9.90 Å². The summed E-state index contributed by atoms with van der Waals surface area (Å²) in [6.45, 7) is 5.26. The number of amides is 1. The lowest BCUT2D eigenvalue weighted by molar-refractivity contribution is 0.0639. The van der Waals surface area contributed by atoms with Crippen LogP contribution in [0.5, 0.6) is 0 Å². The second kappa shape index (κ2) is 6.98. The van der Waals surface area contributed by atoms with Crippen LogP contribution in [0.25, 0.3) is 22.0 Å². The van der Waals surface area contributed by atoms with E-state index in [1.54, 1.807) is 32.2 Å². The van der Waals surface area contributed by atoms with E-state index in [1.165, 1.54) is 13.2 Å². The molecule has 8 heteroatoms. The fourth-order valence-corrected chi connectivity index (χ4v) is 4.12. The van der Waals surface area contributed by atoms with Crippen LogP contribution in [0.2, 0.25) is 0 Å². The molecule has 4 rings (SSSR count). The van der Waals surface area contributed by atoms with E-state index >= 15 is 8.78 Å². The molecule has 30 heavy (non-hydrogen) atoms. The van der Waals surface area contributed by atoms with E-state index in [-0.39, 0.29) is 16.8 Å². The van der Waals surface area contributed by atoms with Gasteiger partial charge in [0.05, 0.1) is 29.8 Å². The van der Waals surface area contributed by atoms with Gasteiger partial charge in [-0.3, -0.25) is 0 Å². The molecule has 0 saturated heterocycles. The molecule has 2 heterocycles. The Labute approximate surface area is 172 Å². The Kier molecular flexibility index (Phi) is 4.69. The van der Waals surface area contributed by atoms with E-state index in [0.29, 0.717) is 11.1 Å². The number of carbonyl (C=O) groups excluding carboxylic acids is 1. The van der Waals surface area contributed by atoms with Crippen molar-refractivity contribution in [1.29, 1.82) is 0 Å². The number of aromatic amines is 1. The first kappa shape index (κ1) is 20.2. The van der Waals surface area contributed by atoms with Crippen molar-refractivity contribution in [3.63, 3.8) is 0 Å². The van der Waals surface area contributed by atoms with Gasteiger partial charge in [-0.2, -0.15) is 0 Å². The van der Waals surface area contributed by atoms with Crippen molar-refractivity contribution in [3.05, 3.63) is 53.2 Å². The van der Waals surface area contributed by atoms with Gasteiger partial charge in [0.1, 0.15) is 17.7 Å². The van der Waals surface area contributed by atoms with E-state index < -0.39 is 35.4 Å². The molecule has 2 atom stereocenters. The van der Waals surface area contributed by atoms with E-state index in [2.05, 4.69) is 20.4 Å². The first-order chi connectivity index (χ1) is 14.2. The molecule has 0 unspecified atom stereocenters. The molecule has 0 fully saturated rings. The molecule has 0 radical (unpaired) electrons. The lowest BCUT2D eigenvalue weighted by Gasteiger charge is -2.43. The second-order valence-corrected chi connectivity index (χ2v) is 8.11. The van der Waals surface area contributed by atoms with Gasteiger partial charge in [0.2, 0.25) is 0 Å². The van der Waals surface area contributed by atoms with Gasteiger partial charge in [-0.15, -0.1) is 0 Å². The van der Waals surface area contributed by atoms with Crippen molar-refractivity contribution in [2.75, 3.05) is 12.4 Å². The van der Waals surface area contributed by atoms with Crippen LogP contribution in [0.4, 0.5) is 19.3 Å². The van der Waals surface area contributed by atoms with Gasteiger partial charge < -0.3 is 25.5 Å². The highest BCUT2D eigenvalue weighted by molar-refractivity contribution is 5.96. The molecule has 1 amide bonds. The number of H-pyrrole nitrogens is 1. The first-order valence-electron chi connectivity index (χ1n) is 9.55. The summed E-state index contributed by atoms with van der Waals surface area (Å²) >= 11 is 0. The normalized spacial score (nSPS) is 19.8. The topological polar surface area (TPSA) is 86.4 Å². The zero-order valence-corrected chi connectivity index (χ0v) is 17.1. The fraction of sp³-hybridized carbons (Fsp3) is 0.318. The summed E-state index contributed by atoms with van der Waals surface area (Å²) in [4.78, 5) is 15.0. The minimum absolute atomic E-state index is 0.0242. The van der Waals surface area contributed by atoms with Gasteiger partial charge >= 0.3 is 6.09 Å². The van der Waals surface area contributed by atoms with Crippen molar-refractivity contribution in [1.82, 2.24) is 10.3 Å². The number of para-hydroxylation sites is 1. The van der Waals surface area contributed by atoms with Crippen LogP contribution in [-0.2, 0) is 4.74 Å². The number of aliphatic hydroxyl groups is 1. The van der Waals surface area contributed by atoms with Crippen molar-refractivity contribution in [2.45, 2.75) is 38.5 Å². The van der Waals surface area contributed by atoms with Crippen LogP contribution in [0.15, 0.2) is 30.5 Å². The molecule has 0 aliphatic carbocycles. The van der Waals surface area contributed by atoms with Gasteiger partial charge in [-0.05, 0) is 32.4 Å². The third-order valence-electron chi connectivity index (χ3n) is 5.73. The average molecular weight is 415 g/mol. The minimum Gasteiger partial charge on any atom is -0.453 e. The van der Waals surface area contributed by atoms with Crippen LogP contribution >= 0.6 is 0 Å². The molecular formula is C22H23F2N3O3. The molecule has 4 N–H and O–H groups in total.